The quantitative estimate of drug-likeness (QED) is 0.823. The predicted octanol–water partition coefficient (Wildman–Crippen LogP) is 4.59. The molecule has 1 heterocycles. The Morgan fingerprint density at radius 2 is 1.69 bits per heavy atom. The number of methoxy groups -OCH3 is 1. The van der Waals surface area contributed by atoms with Gasteiger partial charge in [0.1, 0.15) is 22.8 Å². The lowest BCUT2D eigenvalue weighted by atomic mass is 9.82. The van der Waals surface area contributed by atoms with Gasteiger partial charge in [-0.2, -0.15) is 0 Å². The molecule has 0 atom stereocenters. The summed E-state index contributed by atoms with van der Waals surface area (Å²) in [6, 6.07) is 13.3. The Labute approximate surface area is 153 Å². The number of aliphatic carboxylic acids is 1. The van der Waals surface area contributed by atoms with E-state index in [1.54, 1.807) is 19.2 Å². The van der Waals surface area contributed by atoms with Crippen molar-refractivity contribution in [1.82, 2.24) is 0 Å². The lowest BCUT2D eigenvalue weighted by Crippen LogP contribution is -2.33. The van der Waals surface area contributed by atoms with Crippen molar-refractivity contribution in [2.45, 2.75) is 33.3 Å². The first kappa shape index (κ1) is 19.4. The van der Waals surface area contributed by atoms with E-state index in [4.69, 9.17) is 19.4 Å². The SMILES string of the molecule is CC(=O)O.COc1ccc(C2=C(C)c3ccc(O)cc3OC2(C)C)cc1. The third kappa shape index (κ3) is 4.17. The minimum absolute atomic E-state index is 0.218. The van der Waals surface area contributed by atoms with Crippen LogP contribution in [0.25, 0.3) is 11.1 Å². The van der Waals surface area contributed by atoms with Crippen LogP contribution < -0.4 is 9.47 Å². The fraction of sp³-hybridized carbons (Fsp3) is 0.286. The Kier molecular flexibility index (Phi) is 5.60. The standard InChI is InChI=1S/C19H20O3.C2H4O2/c1-12-16-10-7-14(20)11-17(16)22-19(2,3)18(12)13-5-8-15(21-4)9-6-13;1-2(3)4/h5-11,20H,1-4H3;1H3,(H,3,4). The largest absolute Gasteiger partial charge is 0.508 e. The lowest BCUT2D eigenvalue weighted by Gasteiger charge is -2.36. The molecule has 2 aromatic rings. The summed E-state index contributed by atoms with van der Waals surface area (Å²) in [5.74, 6) is 0.942. The third-order valence-electron chi connectivity index (χ3n) is 4.09. The maximum atomic E-state index is 9.68. The summed E-state index contributed by atoms with van der Waals surface area (Å²) in [5.41, 5.74) is 3.97. The molecule has 138 valence electrons. The molecule has 0 aliphatic carbocycles. The number of phenols is 1. The molecule has 0 fully saturated rings. The van der Waals surface area contributed by atoms with Crippen LogP contribution in [-0.4, -0.2) is 28.9 Å². The Morgan fingerprint density at radius 3 is 2.23 bits per heavy atom. The van der Waals surface area contributed by atoms with Gasteiger partial charge in [-0.15, -0.1) is 0 Å². The number of hydrogen-bond acceptors (Lipinski definition) is 4. The van der Waals surface area contributed by atoms with Crippen LogP contribution in [0, 0.1) is 0 Å². The average molecular weight is 356 g/mol. The van der Waals surface area contributed by atoms with E-state index in [-0.39, 0.29) is 5.75 Å². The highest BCUT2D eigenvalue weighted by molar-refractivity contribution is 5.96. The maximum absolute atomic E-state index is 9.68. The minimum atomic E-state index is -0.833. The van der Waals surface area contributed by atoms with E-state index >= 15 is 0 Å². The van der Waals surface area contributed by atoms with Gasteiger partial charge in [0, 0.05) is 24.1 Å². The molecule has 0 spiro atoms. The van der Waals surface area contributed by atoms with E-state index < -0.39 is 11.6 Å². The van der Waals surface area contributed by atoms with E-state index in [0.29, 0.717) is 0 Å². The second-order valence-corrected chi connectivity index (χ2v) is 6.54. The molecule has 26 heavy (non-hydrogen) atoms. The van der Waals surface area contributed by atoms with Gasteiger partial charge in [0.2, 0.25) is 0 Å². The van der Waals surface area contributed by atoms with Crippen LogP contribution >= 0.6 is 0 Å². The molecule has 0 saturated carbocycles. The second kappa shape index (κ2) is 7.52. The number of rotatable bonds is 2. The second-order valence-electron chi connectivity index (χ2n) is 6.54. The van der Waals surface area contributed by atoms with Crippen molar-refractivity contribution >= 4 is 17.1 Å². The zero-order chi connectivity index (χ0) is 19.5. The van der Waals surface area contributed by atoms with E-state index in [9.17, 15) is 5.11 Å². The Bertz CT molecular complexity index is 828. The first-order valence-electron chi connectivity index (χ1n) is 8.23. The lowest BCUT2D eigenvalue weighted by molar-refractivity contribution is -0.134. The van der Waals surface area contributed by atoms with Gasteiger partial charge in [-0.1, -0.05) is 12.1 Å². The zero-order valence-electron chi connectivity index (χ0n) is 15.7. The first-order valence-corrected chi connectivity index (χ1v) is 8.23. The number of carboxylic acid groups (broad SMARTS) is 1. The molecule has 3 rings (SSSR count). The number of allylic oxidation sites excluding steroid dienone is 1. The molecule has 5 heteroatoms. The topological polar surface area (TPSA) is 76.0 Å². The molecule has 0 saturated heterocycles. The fourth-order valence-corrected chi connectivity index (χ4v) is 3.14. The first-order chi connectivity index (χ1) is 12.2. The van der Waals surface area contributed by atoms with Crippen LogP contribution in [0.5, 0.6) is 17.2 Å². The smallest absolute Gasteiger partial charge is 0.300 e. The van der Waals surface area contributed by atoms with Crippen molar-refractivity contribution in [2.75, 3.05) is 7.11 Å². The summed E-state index contributed by atoms with van der Waals surface area (Å²) in [4.78, 5) is 9.00. The summed E-state index contributed by atoms with van der Waals surface area (Å²) in [7, 11) is 1.66. The predicted molar refractivity (Wildman–Crippen MR) is 102 cm³/mol. The van der Waals surface area contributed by atoms with Crippen LogP contribution in [0.2, 0.25) is 0 Å². The third-order valence-corrected chi connectivity index (χ3v) is 4.09. The van der Waals surface area contributed by atoms with Gasteiger partial charge < -0.3 is 19.7 Å². The number of fused-ring (bicyclic) bond motifs is 1. The monoisotopic (exact) mass is 356 g/mol. The van der Waals surface area contributed by atoms with Gasteiger partial charge in [0.05, 0.1) is 7.11 Å². The van der Waals surface area contributed by atoms with E-state index in [1.165, 1.54) is 0 Å². The van der Waals surface area contributed by atoms with Crippen molar-refractivity contribution in [3.8, 4) is 17.2 Å². The van der Waals surface area contributed by atoms with Gasteiger partial charge in [-0.05, 0) is 56.2 Å². The van der Waals surface area contributed by atoms with Crippen LogP contribution in [0.15, 0.2) is 42.5 Å². The number of ether oxygens (including phenoxy) is 2. The molecule has 2 aromatic carbocycles. The number of carboxylic acids is 1. The van der Waals surface area contributed by atoms with Crippen LogP contribution in [-0.2, 0) is 4.79 Å². The summed E-state index contributed by atoms with van der Waals surface area (Å²) in [6.45, 7) is 7.27. The van der Waals surface area contributed by atoms with E-state index in [1.807, 2.05) is 44.2 Å². The van der Waals surface area contributed by atoms with Crippen molar-refractivity contribution < 1.29 is 24.5 Å². The number of benzene rings is 2. The maximum Gasteiger partial charge on any atom is 0.300 e. The van der Waals surface area contributed by atoms with Gasteiger partial charge in [-0.25, -0.2) is 0 Å². The summed E-state index contributed by atoms with van der Waals surface area (Å²) >= 11 is 0. The molecule has 0 amide bonds. The van der Waals surface area contributed by atoms with Crippen LogP contribution in [0.4, 0.5) is 0 Å². The number of aromatic hydroxyl groups is 1. The highest BCUT2D eigenvalue weighted by atomic mass is 16.5. The molecule has 0 radical (unpaired) electrons. The Morgan fingerprint density at radius 1 is 1.12 bits per heavy atom. The number of phenolic OH excluding ortho intramolecular Hbond substituents is 1. The summed E-state index contributed by atoms with van der Waals surface area (Å²) in [5, 5.41) is 17.1. The van der Waals surface area contributed by atoms with Crippen LogP contribution in [0.3, 0.4) is 0 Å². The Balaban J connectivity index is 0.000000552. The highest BCUT2D eigenvalue weighted by Gasteiger charge is 2.34. The van der Waals surface area contributed by atoms with Gasteiger partial charge in [0.15, 0.2) is 0 Å². The summed E-state index contributed by atoms with van der Waals surface area (Å²) < 4.78 is 11.4. The minimum Gasteiger partial charge on any atom is -0.508 e. The van der Waals surface area contributed by atoms with Crippen LogP contribution in [0.1, 0.15) is 38.8 Å². The summed E-state index contributed by atoms with van der Waals surface area (Å²) in [6.07, 6.45) is 0. The molecular formula is C21H24O5. The molecule has 0 aromatic heterocycles. The average Bonchev–Trinajstić information content (AvgIpc) is 2.53. The molecule has 0 bridgehead atoms. The molecule has 0 unspecified atom stereocenters. The van der Waals surface area contributed by atoms with Gasteiger partial charge in [-0.3, -0.25) is 4.79 Å². The van der Waals surface area contributed by atoms with Gasteiger partial charge >= 0.3 is 0 Å². The van der Waals surface area contributed by atoms with Crippen molar-refractivity contribution in [1.29, 1.82) is 0 Å². The molecule has 1 aliphatic rings. The van der Waals surface area contributed by atoms with Crippen molar-refractivity contribution in [3.05, 3.63) is 53.6 Å². The van der Waals surface area contributed by atoms with Crippen molar-refractivity contribution in [3.63, 3.8) is 0 Å². The zero-order valence-corrected chi connectivity index (χ0v) is 15.7. The number of carbonyl (C=O) groups is 1. The molecule has 1 aliphatic heterocycles. The van der Waals surface area contributed by atoms with Gasteiger partial charge in [0.25, 0.3) is 5.97 Å². The molecule has 5 nitrogen and oxygen atoms in total. The molecule has 2 N–H and O–H groups in total. The molecular weight excluding hydrogens is 332 g/mol. The fourth-order valence-electron chi connectivity index (χ4n) is 3.14. The van der Waals surface area contributed by atoms with Crippen molar-refractivity contribution in [2.24, 2.45) is 0 Å². The Hall–Kier alpha value is -2.95. The highest BCUT2D eigenvalue weighted by Crippen LogP contribution is 2.46. The van der Waals surface area contributed by atoms with E-state index in [0.717, 1.165) is 40.7 Å². The van der Waals surface area contributed by atoms with E-state index in [2.05, 4.69) is 6.92 Å². The number of hydrogen-bond donors (Lipinski definition) is 2. The normalized spacial score (nSPS) is 14.5.